The summed E-state index contributed by atoms with van der Waals surface area (Å²) in [7, 11) is 2.01. The first-order chi connectivity index (χ1) is 15.2. The van der Waals surface area contributed by atoms with Crippen molar-refractivity contribution in [2.75, 3.05) is 45.1 Å². The smallest absolute Gasteiger partial charge is 0.322 e. The van der Waals surface area contributed by atoms with E-state index in [-0.39, 0.29) is 17.8 Å². The highest BCUT2D eigenvalue weighted by Gasteiger charge is 2.34. The summed E-state index contributed by atoms with van der Waals surface area (Å²) in [5, 5.41) is 5.96. The number of hydrogen-bond acceptors (Lipinski definition) is 4. The van der Waals surface area contributed by atoms with E-state index in [1.807, 2.05) is 24.1 Å². The van der Waals surface area contributed by atoms with Crippen molar-refractivity contribution >= 4 is 11.6 Å². The molecule has 1 amide bonds. The molecule has 32 heavy (non-hydrogen) atoms. The zero-order valence-corrected chi connectivity index (χ0v) is 18.4. The molecule has 0 spiro atoms. The van der Waals surface area contributed by atoms with Crippen molar-refractivity contribution in [3.8, 4) is 0 Å². The fourth-order valence-corrected chi connectivity index (χ4v) is 4.42. The molecule has 2 aromatic rings. The molecule has 0 aliphatic carbocycles. The van der Waals surface area contributed by atoms with Crippen LogP contribution < -0.4 is 10.6 Å². The second kappa shape index (κ2) is 9.21. The first-order valence-electron chi connectivity index (χ1n) is 11.0. The van der Waals surface area contributed by atoms with Gasteiger partial charge in [-0.3, -0.25) is 9.69 Å². The predicted octanol–water partition coefficient (Wildman–Crippen LogP) is 3.91. The van der Waals surface area contributed by atoms with E-state index in [2.05, 4.69) is 22.5 Å². The van der Waals surface area contributed by atoms with Crippen LogP contribution in [-0.4, -0.2) is 55.5 Å². The normalized spacial score (nSPS) is 20.1. The molecule has 4 rings (SSSR count). The van der Waals surface area contributed by atoms with Crippen molar-refractivity contribution in [3.05, 3.63) is 64.2 Å². The number of nitrogens with zero attached hydrogens (tertiary/aromatic N) is 2. The van der Waals surface area contributed by atoms with Crippen LogP contribution in [0.25, 0.3) is 0 Å². The van der Waals surface area contributed by atoms with E-state index in [4.69, 9.17) is 0 Å². The Morgan fingerprint density at radius 3 is 2.59 bits per heavy atom. The maximum absolute atomic E-state index is 13.8. The van der Waals surface area contributed by atoms with E-state index in [1.54, 1.807) is 12.1 Å². The third kappa shape index (κ3) is 5.14. The highest BCUT2D eigenvalue weighted by molar-refractivity contribution is 6.04. The van der Waals surface area contributed by atoms with E-state index in [9.17, 15) is 18.0 Å². The standard InChI is InChI=1S/C24H29F3N4O/c1-16-13-28-14-19-11-17(4-6-21(16)19)23(32)29-20-5-3-18(22(12-20)24(25,26)27)15-31-9-7-30(2)8-10-31/h3-6,11-12,16,28H,7-10,13-15H2,1-2H3,(H,29,32)/t16-/m0/s1. The predicted molar refractivity (Wildman–Crippen MR) is 119 cm³/mol. The lowest BCUT2D eigenvalue weighted by atomic mass is 9.91. The largest absolute Gasteiger partial charge is 0.416 e. The van der Waals surface area contributed by atoms with E-state index < -0.39 is 17.6 Å². The monoisotopic (exact) mass is 446 g/mol. The Hall–Kier alpha value is -2.42. The van der Waals surface area contributed by atoms with Crippen molar-refractivity contribution in [3.63, 3.8) is 0 Å². The van der Waals surface area contributed by atoms with Crippen LogP contribution in [-0.2, 0) is 19.3 Å². The van der Waals surface area contributed by atoms with Crippen molar-refractivity contribution in [2.24, 2.45) is 0 Å². The maximum Gasteiger partial charge on any atom is 0.416 e. The van der Waals surface area contributed by atoms with Crippen LogP contribution in [0.15, 0.2) is 36.4 Å². The van der Waals surface area contributed by atoms with Crippen LogP contribution in [0.2, 0.25) is 0 Å². The molecule has 1 fully saturated rings. The molecule has 2 aliphatic heterocycles. The number of rotatable bonds is 4. The molecule has 8 heteroatoms. The van der Waals surface area contributed by atoms with E-state index in [0.29, 0.717) is 18.0 Å². The molecule has 0 radical (unpaired) electrons. The molecule has 2 aromatic carbocycles. The van der Waals surface area contributed by atoms with Gasteiger partial charge in [0.25, 0.3) is 5.91 Å². The third-order valence-corrected chi connectivity index (χ3v) is 6.37. The fourth-order valence-electron chi connectivity index (χ4n) is 4.42. The third-order valence-electron chi connectivity index (χ3n) is 6.37. The van der Waals surface area contributed by atoms with Crippen LogP contribution in [0, 0.1) is 0 Å². The Kier molecular flexibility index (Phi) is 6.55. The highest BCUT2D eigenvalue weighted by Crippen LogP contribution is 2.35. The number of benzene rings is 2. The number of piperazine rings is 1. The minimum Gasteiger partial charge on any atom is -0.322 e. The summed E-state index contributed by atoms with van der Waals surface area (Å²) in [5.74, 6) is -0.0518. The van der Waals surface area contributed by atoms with Gasteiger partial charge in [0, 0.05) is 57.1 Å². The first kappa shape index (κ1) is 22.8. The van der Waals surface area contributed by atoms with Gasteiger partial charge in [-0.2, -0.15) is 13.2 Å². The zero-order chi connectivity index (χ0) is 22.9. The van der Waals surface area contributed by atoms with Crippen molar-refractivity contribution in [1.82, 2.24) is 15.1 Å². The second-order valence-electron chi connectivity index (χ2n) is 8.85. The molecular formula is C24H29F3N4O. The average Bonchev–Trinajstić information content (AvgIpc) is 2.75. The minimum absolute atomic E-state index is 0.147. The summed E-state index contributed by atoms with van der Waals surface area (Å²) >= 11 is 0. The molecule has 1 atom stereocenters. The lowest BCUT2D eigenvalue weighted by molar-refractivity contribution is -0.138. The van der Waals surface area contributed by atoms with Gasteiger partial charge in [-0.25, -0.2) is 0 Å². The summed E-state index contributed by atoms with van der Waals surface area (Å²) < 4.78 is 41.4. The molecule has 172 valence electrons. The van der Waals surface area contributed by atoms with Gasteiger partial charge in [-0.15, -0.1) is 0 Å². The Morgan fingerprint density at radius 1 is 1.12 bits per heavy atom. The Morgan fingerprint density at radius 2 is 1.88 bits per heavy atom. The number of alkyl halides is 3. The number of anilines is 1. The molecule has 0 unspecified atom stereocenters. The first-order valence-corrected chi connectivity index (χ1v) is 11.0. The van der Waals surface area contributed by atoms with Crippen LogP contribution in [0.1, 0.15) is 45.5 Å². The molecular weight excluding hydrogens is 417 g/mol. The number of hydrogen-bond donors (Lipinski definition) is 2. The van der Waals surface area contributed by atoms with Crippen LogP contribution in [0.5, 0.6) is 0 Å². The van der Waals surface area contributed by atoms with Crippen molar-refractivity contribution in [1.29, 1.82) is 0 Å². The summed E-state index contributed by atoms with van der Waals surface area (Å²) in [5.41, 5.74) is 2.37. The SMILES string of the molecule is C[C@H]1CNCc2cc(C(=O)Nc3ccc(CN4CCN(C)CC4)c(C(F)(F)F)c3)ccc21. The van der Waals surface area contributed by atoms with Gasteiger partial charge in [0.1, 0.15) is 0 Å². The minimum atomic E-state index is -4.49. The van der Waals surface area contributed by atoms with Crippen LogP contribution >= 0.6 is 0 Å². The fraction of sp³-hybridized carbons (Fsp3) is 0.458. The van der Waals surface area contributed by atoms with Crippen molar-refractivity contribution in [2.45, 2.75) is 32.1 Å². The molecule has 5 nitrogen and oxygen atoms in total. The number of carbonyl (C=O) groups excluding carboxylic acids is 1. The molecule has 0 saturated carbocycles. The molecule has 0 aromatic heterocycles. The lowest BCUT2D eigenvalue weighted by Gasteiger charge is -2.33. The number of nitrogens with one attached hydrogen (secondary N) is 2. The van der Waals surface area contributed by atoms with Gasteiger partial charge in [-0.1, -0.05) is 19.1 Å². The van der Waals surface area contributed by atoms with E-state index in [0.717, 1.165) is 44.4 Å². The summed E-state index contributed by atoms with van der Waals surface area (Å²) in [6, 6.07) is 9.58. The van der Waals surface area contributed by atoms with Crippen molar-refractivity contribution < 1.29 is 18.0 Å². The average molecular weight is 447 g/mol. The van der Waals surface area contributed by atoms with E-state index >= 15 is 0 Å². The molecule has 0 bridgehead atoms. The summed E-state index contributed by atoms with van der Waals surface area (Å²) in [6.07, 6.45) is -4.49. The topological polar surface area (TPSA) is 47.6 Å². The van der Waals surface area contributed by atoms with Gasteiger partial charge in [0.2, 0.25) is 0 Å². The maximum atomic E-state index is 13.8. The van der Waals surface area contributed by atoms with Gasteiger partial charge in [-0.05, 0) is 53.9 Å². The molecule has 2 N–H and O–H groups in total. The van der Waals surface area contributed by atoms with Crippen LogP contribution in [0.3, 0.4) is 0 Å². The van der Waals surface area contributed by atoms with Crippen LogP contribution in [0.4, 0.5) is 18.9 Å². The Balaban J connectivity index is 1.52. The molecule has 2 aliphatic rings. The number of fused-ring (bicyclic) bond motifs is 1. The van der Waals surface area contributed by atoms with Gasteiger partial charge < -0.3 is 15.5 Å². The zero-order valence-electron chi connectivity index (χ0n) is 18.4. The second-order valence-corrected chi connectivity index (χ2v) is 8.85. The molecule has 2 heterocycles. The number of halogens is 3. The lowest BCUT2D eigenvalue weighted by Crippen LogP contribution is -2.44. The Labute approximate surface area is 186 Å². The quantitative estimate of drug-likeness (QED) is 0.748. The van der Waals surface area contributed by atoms with Gasteiger partial charge in [0.15, 0.2) is 0 Å². The Bertz CT molecular complexity index is 984. The summed E-state index contributed by atoms with van der Waals surface area (Å²) in [6.45, 7) is 7.07. The number of amides is 1. The summed E-state index contributed by atoms with van der Waals surface area (Å²) in [4.78, 5) is 16.9. The number of likely N-dealkylation sites (N-methyl/N-ethyl adjacent to an activating group) is 1. The molecule has 1 saturated heterocycles. The number of carbonyl (C=O) groups is 1. The van der Waals surface area contributed by atoms with Gasteiger partial charge >= 0.3 is 6.18 Å². The highest BCUT2D eigenvalue weighted by atomic mass is 19.4. The van der Waals surface area contributed by atoms with E-state index in [1.165, 1.54) is 11.6 Å². The van der Waals surface area contributed by atoms with Gasteiger partial charge in [0.05, 0.1) is 5.56 Å².